The Kier molecular flexibility index (Phi) is 7.38. The number of nitrogens with one attached hydrogen (secondary N) is 2. The lowest BCUT2D eigenvalue weighted by Gasteiger charge is -2.39. The molecule has 0 radical (unpaired) electrons. The molecule has 4 N–H and O–H groups in total. The van der Waals surface area contributed by atoms with Gasteiger partial charge in [-0.2, -0.15) is 0 Å². The normalized spacial score (nSPS) is 28.2. The number of hydrogen-bond acceptors (Lipinski definition) is 6. The van der Waals surface area contributed by atoms with E-state index in [2.05, 4.69) is 15.5 Å². The van der Waals surface area contributed by atoms with Crippen LogP contribution in [0.4, 0.5) is 4.79 Å². The van der Waals surface area contributed by atoms with E-state index in [9.17, 15) is 19.8 Å². The molecule has 2 heterocycles. The molecule has 4 atom stereocenters. The van der Waals surface area contributed by atoms with Gasteiger partial charge in [-0.05, 0) is 31.4 Å². The van der Waals surface area contributed by atoms with Gasteiger partial charge in [0.25, 0.3) is 5.91 Å². The van der Waals surface area contributed by atoms with Gasteiger partial charge in [-0.15, -0.1) is 0 Å². The number of β-amino-alcohol motifs (C(OH)–C–C–N with tert-alkyl or cyclic N) is 1. The Morgan fingerprint density at radius 1 is 1.11 bits per heavy atom. The van der Waals surface area contributed by atoms with Crippen LogP contribution in [0.5, 0.6) is 0 Å². The minimum atomic E-state index is -0.793. The van der Waals surface area contributed by atoms with Gasteiger partial charge < -0.3 is 25.2 Å². The largest absolute Gasteiger partial charge is 0.390 e. The van der Waals surface area contributed by atoms with Crippen molar-refractivity contribution in [2.75, 3.05) is 26.2 Å². The van der Waals surface area contributed by atoms with Crippen molar-refractivity contribution >= 4 is 11.9 Å². The predicted molar refractivity (Wildman–Crippen MR) is 102 cm³/mol. The Bertz CT molecular complexity index is 657. The van der Waals surface area contributed by atoms with Crippen LogP contribution in [0, 0.1) is 5.92 Å². The predicted octanol–water partition coefficient (Wildman–Crippen LogP) is 0.235. The van der Waals surface area contributed by atoms with Gasteiger partial charge in [0, 0.05) is 19.0 Å². The molecule has 154 valence electrons. The molecule has 0 aromatic heterocycles. The highest BCUT2D eigenvalue weighted by atomic mass is 16.5. The number of piperidine rings is 1. The number of carbonyl (C=O) groups excluding carboxylic acids is 2. The summed E-state index contributed by atoms with van der Waals surface area (Å²) >= 11 is 0. The summed E-state index contributed by atoms with van der Waals surface area (Å²) in [5.41, 5.74) is 1.08. The van der Waals surface area contributed by atoms with Crippen LogP contribution < -0.4 is 10.6 Å². The van der Waals surface area contributed by atoms with E-state index in [0.29, 0.717) is 32.7 Å². The second-order valence-electron chi connectivity index (χ2n) is 7.59. The van der Waals surface area contributed by atoms with Crippen LogP contribution in [0.3, 0.4) is 0 Å². The fourth-order valence-corrected chi connectivity index (χ4v) is 3.78. The van der Waals surface area contributed by atoms with Gasteiger partial charge in [-0.25, -0.2) is 4.79 Å². The average Bonchev–Trinajstić information content (AvgIpc) is 3.00. The number of hydrogen-bond donors (Lipinski definition) is 4. The second kappa shape index (κ2) is 9.97. The summed E-state index contributed by atoms with van der Waals surface area (Å²) in [6.07, 6.45) is 0.659. The first-order valence-electron chi connectivity index (χ1n) is 9.84. The summed E-state index contributed by atoms with van der Waals surface area (Å²) in [7, 11) is 0. The van der Waals surface area contributed by atoms with E-state index >= 15 is 0 Å². The Labute approximate surface area is 164 Å². The lowest BCUT2D eigenvalue weighted by atomic mass is 9.93. The number of carbonyl (C=O) groups is 2. The number of aliphatic hydroxyl groups is 2. The minimum absolute atomic E-state index is 0.146. The fraction of sp³-hybridized carbons (Fsp3) is 0.600. The van der Waals surface area contributed by atoms with Crippen molar-refractivity contribution in [1.82, 2.24) is 15.5 Å². The molecule has 8 nitrogen and oxygen atoms in total. The summed E-state index contributed by atoms with van der Waals surface area (Å²) < 4.78 is 5.76. The Hall–Kier alpha value is -2.00. The maximum atomic E-state index is 11.5. The Morgan fingerprint density at radius 3 is 2.61 bits per heavy atom. The lowest BCUT2D eigenvalue weighted by Crippen LogP contribution is -2.53. The van der Waals surface area contributed by atoms with Gasteiger partial charge in [0.15, 0.2) is 0 Å². The summed E-state index contributed by atoms with van der Waals surface area (Å²) in [6, 6.07) is 8.98. The highest BCUT2D eigenvalue weighted by molar-refractivity contribution is 6.04. The first kappa shape index (κ1) is 20.7. The molecule has 1 aromatic rings. The van der Waals surface area contributed by atoms with Crippen LogP contribution in [0.15, 0.2) is 30.3 Å². The zero-order valence-corrected chi connectivity index (χ0v) is 15.9. The Balaban J connectivity index is 1.38. The molecular weight excluding hydrogens is 362 g/mol. The number of likely N-dealkylation sites (tertiary alicyclic amines) is 1. The van der Waals surface area contributed by atoms with Crippen LogP contribution in [-0.4, -0.2) is 71.5 Å². The number of rotatable bonds is 9. The topological polar surface area (TPSA) is 111 Å². The number of unbranched alkanes of at least 4 members (excludes halogenated alkanes) is 1. The SMILES string of the molecule is O=C1NC(=O)C(CCCCN2C[C@H](COCc3ccccc3)[C@@H](O)[C@H](O)C2)N1. The standard InChI is InChI=1S/C20H29N3O5/c24-17-11-23(9-5-4-8-16-19(26)22-20(27)21-16)10-15(18(17)25)13-28-12-14-6-2-1-3-7-14/h1-3,6-7,15-18,24-25H,4-5,8-13H2,(H2,21,22,26,27)/t15-,16?,17-,18-/m1/s1. The molecule has 1 aromatic carbocycles. The zero-order chi connectivity index (χ0) is 19.9. The van der Waals surface area contributed by atoms with E-state index in [1.807, 2.05) is 30.3 Å². The number of ether oxygens (including phenoxy) is 1. The van der Waals surface area contributed by atoms with Crippen LogP contribution in [0.25, 0.3) is 0 Å². The number of urea groups is 1. The fourth-order valence-electron chi connectivity index (χ4n) is 3.78. The van der Waals surface area contributed by atoms with Crippen molar-refractivity contribution < 1.29 is 24.5 Å². The highest BCUT2D eigenvalue weighted by Gasteiger charge is 2.34. The van der Waals surface area contributed by atoms with Gasteiger partial charge in [0.1, 0.15) is 6.04 Å². The van der Waals surface area contributed by atoms with Crippen LogP contribution >= 0.6 is 0 Å². The molecule has 0 spiro atoms. The number of aliphatic hydroxyl groups excluding tert-OH is 2. The molecule has 2 aliphatic heterocycles. The average molecular weight is 391 g/mol. The van der Waals surface area contributed by atoms with Crippen LogP contribution in [-0.2, 0) is 16.1 Å². The van der Waals surface area contributed by atoms with Crippen molar-refractivity contribution in [2.45, 2.75) is 44.1 Å². The van der Waals surface area contributed by atoms with Gasteiger partial charge in [-0.1, -0.05) is 30.3 Å². The highest BCUT2D eigenvalue weighted by Crippen LogP contribution is 2.20. The maximum absolute atomic E-state index is 11.5. The lowest BCUT2D eigenvalue weighted by molar-refractivity contribution is -0.120. The van der Waals surface area contributed by atoms with Gasteiger partial charge in [0.2, 0.25) is 0 Å². The van der Waals surface area contributed by atoms with E-state index < -0.39 is 24.3 Å². The summed E-state index contributed by atoms with van der Waals surface area (Å²) in [5, 5.41) is 25.3. The monoisotopic (exact) mass is 391 g/mol. The molecule has 3 rings (SSSR count). The first-order valence-corrected chi connectivity index (χ1v) is 9.84. The molecule has 2 aliphatic rings. The quantitative estimate of drug-likeness (QED) is 0.354. The van der Waals surface area contributed by atoms with Crippen molar-refractivity contribution in [3.05, 3.63) is 35.9 Å². The minimum Gasteiger partial charge on any atom is -0.390 e. The van der Waals surface area contributed by atoms with E-state index in [4.69, 9.17) is 4.74 Å². The molecule has 0 saturated carbocycles. The molecule has 0 bridgehead atoms. The third kappa shape index (κ3) is 5.75. The van der Waals surface area contributed by atoms with Crippen molar-refractivity contribution in [2.24, 2.45) is 5.92 Å². The molecule has 0 aliphatic carbocycles. The maximum Gasteiger partial charge on any atom is 0.322 e. The second-order valence-corrected chi connectivity index (χ2v) is 7.59. The molecule has 1 unspecified atom stereocenters. The zero-order valence-electron chi connectivity index (χ0n) is 15.9. The first-order chi connectivity index (χ1) is 13.5. The smallest absolute Gasteiger partial charge is 0.322 e. The molecule has 3 amide bonds. The van der Waals surface area contributed by atoms with Crippen LogP contribution in [0.2, 0.25) is 0 Å². The van der Waals surface area contributed by atoms with Crippen molar-refractivity contribution in [3.63, 3.8) is 0 Å². The Morgan fingerprint density at radius 2 is 1.89 bits per heavy atom. The van der Waals surface area contributed by atoms with Crippen molar-refractivity contribution in [1.29, 1.82) is 0 Å². The summed E-state index contributed by atoms with van der Waals surface area (Å²) in [5.74, 6) is -0.412. The number of amides is 3. The van der Waals surface area contributed by atoms with Crippen LogP contribution in [0.1, 0.15) is 24.8 Å². The third-order valence-corrected chi connectivity index (χ3v) is 5.33. The van der Waals surface area contributed by atoms with E-state index in [1.165, 1.54) is 0 Å². The van der Waals surface area contributed by atoms with E-state index in [-0.39, 0.29) is 11.8 Å². The summed E-state index contributed by atoms with van der Waals surface area (Å²) in [4.78, 5) is 24.8. The van der Waals surface area contributed by atoms with E-state index in [0.717, 1.165) is 24.9 Å². The van der Waals surface area contributed by atoms with Gasteiger partial charge in [-0.3, -0.25) is 10.1 Å². The molecule has 8 heteroatoms. The molecule has 2 saturated heterocycles. The van der Waals surface area contributed by atoms with Crippen molar-refractivity contribution in [3.8, 4) is 0 Å². The van der Waals surface area contributed by atoms with Gasteiger partial charge >= 0.3 is 6.03 Å². The molecular formula is C20H29N3O5. The molecule has 2 fully saturated rings. The number of benzene rings is 1. The van der Waals surface area contributed by atoms with E-state index in [1.54, 1.807) is 0 Å². The third-order valence-electron chi connectivity index (χ3n) is 5.33. The number of nitrogens with zero attached hydrogens (tertiary/aromatic N) is 1. The summed E-state index contributed by atoms with van der Waals surface area (Å²) in [6.45, 7) is 2.72. The van der Waals surface area contributed by atoms with Gasteiger partial charge in [0.05, 0.1) is 25.4 Å². The molecule has 28 heavy (non-hydrogen) atoms. The number of imide groups is 1.